The Kier molecular flexibility index (Phi) is 3.24. The van der Waals surface area contributed by atoms with E-state index in [0.717, 1.165) is 12.8 Å². The highest BCUT2D eigenvalue weighted by Gasteiger charge is 2.25. The van der Waals surface area contributed by atoms with Crippen molar-refractivity contribution in [2.75, 3.05) is 13.1 Å². The second kappa shape index (κ2) is 4.65. The number of aliphatic hydroxyl groups is 1. The van der Waals surface area contributed by atoms with Gasteiger partial charge in [0.2, 0.25) is 0 Å². The smallest absolute Gasteiger partial charge is 0.251 e. The van der Waals surface area contributed by atoms with Crippen molar-refractivity contribution >= 4 is 5.91 Å². The molecule has 5 heteroatoms. The summed E-state index contributed by atoms with van der Waals surface area (Å²) in [5.41, 5.74) is 0. The maximum absolute atomic E-state index is 11.5. The van der Waals surface area contributed by atoms with Crippen LogP contribution in [-0.4, -0.2) is 44.9 Å². The first-order valence-corrected chi connectivity index (χ1v) is 5.55. The van der Waals surface area contributed by atoms with Crippen molar-refractivity contribution in [3.05, 3.63) is 18.5 Å². The molecule has 2 heterocycles. The quantitative estimate of drug-likeness (QED) is 0.779. The topological polar surface area (TPSA) is 58.4 Å². The van der Waals surface area contributed by atoms with Crippen LogP contribution in [-0.2, 0) is 4.79 Å². The zero-order chi connectivity index (χ0) is 11.5. The van der Waals surface area contributed by atoms with Crippen molar-refractivity contribution in [3.8, 4) is 0 Å². The summed E-state index contributed by atoms with van der Waals surface area (Å²) < 4.78 is 1.89. The highest BCUT2D eigenvalue weighted by molar-refractivity contribution is 5.80. The number of rotatable bonds is 2. The number of carbonyl (C=O) groups is 1. The first-order chi connectivity index (χ1) is 7.68. The first-order valence-electron chi connectivity index (χ1n) is 5.55. The molecule has 1 aliphatic heterocycles. The van der Waals surface area contributed by atoms with Crippen LogP contribution < -0.4 is 0 Å². The Hall–Kier alpha value is -1.36. The molecule has 0 aromatic carbocycles. The summed E-state index contributed by atoms with van der Waals surface area (Å²) >= 11 is 0. The Labute approximate surface area is 94.7 Å². The molecule has 1 N–H and O–H groups in total. The molecule has 1 radical (unpaired) electrons. The van der Waals surface area contributed by atoms with E-state index in [2.05, 4.69) is 11.2 Å². The Bertz CT molecular complexity index is 340. The van der Waals surface area contributed by atoms with E-state index in [4.69, 9.17) is 0 Å². The Morgan fingerprint density at radius 2 is 2.25 bits per heavy atom. The third-order valence-corrected chi connectivity index (χ3v) is 2.98. The summed E-state index contributed by atoms with van der Waals surface area (Å²) in [6.07, 6.45) is 4.35. The van der Waals surface area contributed by atoms with E-state index in [-0.39, 0.29) is 5.91 Å². The monoisotopic (exact) mass is 222 g/mol. The average molecular weight is 222 g/mol. The van der Waals surface area contributed by atoms with E-state index in [1.54, 1.807) is 11.1 Å². The van der Waals surface area contributed by atoms with Crippen LogP contribution in [0.1, 0.15) is 25.8 Å². The minimum Gasteiger partial charge on any atom is -0.384 e. The Balaban J connectivity index is 1.90. The van der Waals surface area contributed by atoms with Crippen molar-refractivity contribution < 1.29 is 9.90 Å². The fraction of sp³-hybridized carbons (Fsp3) is 0.636. The molecule has 0 aliphatic carbocycles. The van der Waals surface area contributed by atoms with E-state index in [1.165, 1.54) is 6.92 Å². The molecule has 1 aromatic heterocycles. The number of likely N-dealkylation sites (tertiary alicyclic amines) is 1. The van der Waals surface area contributed by atoms with Crippen LogP contribution in [0.5, 0.6) is 0 Å². The van der Waals surface area contributed by atoms with Crippen LogP contribution >= 0.6 is 0 Å². The van der Waals surface area contributed by atoms with Crippen LogP contribution in [0.15, 0.2) is 12.4 Å². The third kappa shape index (κ3) is 2.24. The summed E-state index contributed by atoms with van der Waals surface area (Å²) in [7, 11) is 0. The van der Waals surface area contributed by atoms with Gasteiger partial charge in [-0.1, -0.05) is 0 Å². The van der Waals surface area contributed by atoms with Gasteiger partial charge in [-0.3, -0.25) is 9.48 Å². The fourth-order valence-corrected chi connectivity index (χ4v) is 2.06. The second-order valence-corrected chi connectivity index (χ2v) is 4.15. The number of hydrogen-bond donors (Lipinski definition) is 1. The highest BCUT2D eigenvalue weighted by Crippen LogP contribution is 2.21. The molecule has 0 saturated carbocycles. The number of nitrogens with zero attached hydrogens (tertiary/aromatic N) is 3. The maximum Gasteiger partial charge on any atom is 0.251 e. The van der Waals surface area contributed by atoms with Crippen molar-refractivity contribution in [1.82, 2.24) is 14.7 Å². The third-order valence-electron chi connectivity index (χ3n) is 2.98. The normalized spacial score (nSPS) is 19.8. The van der Waals surface area contributed by atoms with Gasteiger partial charge in [0.1, 0.15) is 6.10 Å². The lowest BCUT2D eigenvalue weighted by Crippen LogP contribution is -2.43. The molecule has 87 valence electrons. The SMILES string of the molecule is C[C@H](O)C(=O)N1CCC(n2c[c]cn2)CC1. The molecule has 1 atom stereocenters. The van der Waals surface area contributed by atoms with Gasteiger partial charge in [0.25, 0.3) is 5.91 Å². The molecule has 0 unspecified atom stereocenters. The van der Waals surface area contributed by atoms with Crippen LogP contribution in [0, 0.1) is 6.07 Å². The van der Waals surface area contributed by atoms with E-state index < -0.39 is 6.10 Å². The van der Waals surface area contributed by atoms with Crippen molar-refractivity contribution in [3.63, 3.8) is 0 Å². The van der Waals surface area contributed by atoms with Crippen molar-refractivity contribution in [2.45, 2.75) is 31.9 Å². The van der Waals surface area contributed by atoms with Crippen molar-refractivity contribution in [2.24, 2.45) is 0 Å². The fourth-order valence-electron chi connectivity index (χ4n) is 2.06. The molecule has 1 aliphatic rings. The van der Waals surface area contributed by atoms with Crippen LogP contribution in [0.25, 0.3) is 0 Å². The second-order valence-electron chi connectivity index (χ2n) is 4.15. The van der Waals surface area contributed by atoms with E-state index in [0.29, 0.717) is 19.1 Å². The van der Waals surface area contributed by atoms with Gasteiger partial charge < -0.3 is 10.0 Å². The lowest BCUT2D eigenvalue weighted by Gasteiger charge is -2.32. The molecular weight excluding hydrogens is 206 g/mol. The molecule has 2 rings (SSSR count). The van der Waals surface area contributed by atoms with Gasteiger partial charge in [-0.15, -0.1) is 0 Å². The summed E-state index contributed by atoms with van der Waals surface area (Å²) in [6.45, 7) is 2.89. The van der Waals surface area contributed by atoms with E-state index in [1.807, 2.05) is 10.9 Å². The molecule has 16 heavy (non-hydrogen) atoms. The van der Waals surface area contributed by atoms with Crippen LogP contribution in [0.4, 0.5) is 0 Å². The van der Waals surface area contributed by atoms with Gasteiger partial charge in [-0.05, 0) is 19.8 Å². The number of amides is 1. The predicted molar refractivity (Wildman–Crippen MR) is 57.6 cm³/mol. The average Bonchev–Trinajstić information content (AvgIpc) is 2.81. The van der Waals surface area contributed by atoms with E-state index >= 15 is 0 Å². The standard InChI is InChI=1S/C11H16N3O2/c1-9(15)11(16)13-7-3-10(4-8-13)14-6-2-5-12-14/h5-6,9-10,15H,3-4,7-8H2,1H3/t9-/m0/s1. The van der Waals surface area contributed by atoms with Gasteiger partial charge in [0, 0.05) is 25.4 Å². The number of hydrogen-bond acceptors (Lipinski definition) is 3. The lowest BCUT2D eigenvalue weighted by molar-refractivity contribution is -0.140. The summed E-state index contributed by atoms with van der Waals surface area (Å²) in [4.78, 5) is 13.3. The van der Waals surface area contributed by atoms with Crippen molar-refractivity contribution in [1.29, 1.82) is 0 Å². The zero-order valence-electron chi connectivity index (χ0n) is 9.33. The maximum atomic E-state index is 11.5. The summed E-state index contributed by atoms with van der Waals surface area (Å²) in [6, 6.07) is 3.26. The first kappa shape index (κ1) is 11.1. The summed E-state index contributed by atoms with van der Waals surface area (Å²) in [5, 5.41) is 13.4. The molecular formula is C11H16N3O2. The molecule has 1 amide bonds. The number of aliphatic hydroxyl groups excluding tert-OH is 1. The molecule has 1 aromatic rings. The predicted octanol–water partition coefficient (Wildman–Crippen LogP) is 0.228. The van der Waals surface area contributed by atoms with Gasteiger partial charge in [0.15, 0.2) is 0 Å². The van der Waals surface area contributed by atoms with Gasteiger partial charge in [-0.2, -0.15) is 5.10 Å². The Morgan fingerprint density at radius 1 is 1.56 bits per heavy atom. The lowest BCUT2D eigenvalue weighted by atomic mass is 10.0. The number of aromatic nitrogens is 2. The van der Waals surface area contributed by atoms with Gasteiger partial charge in [-0.25, -0.2) is 0 Å². The van der Waals surface area contributed by atoms with Crippen LogP contribution in [0.3, 0.4) is 0 Å². The van der Waals surface area contributed by atoms with Gasteiger partial charge in [0.05, 0.1) is 12.2 Å². The minimum absolute atomic E-state index is 0.175. The number of piperidine rings is 1. The number of carbonyl (C=O) groups excluding carboxylic acids is 1. The molecule has 1 fully saturated rings. The van der Waals surface area contributed by atoms with Gasteiger partial charge >= 0.3 is 0 Å². The zero-order valence-corrected chi connectivity index (χ0v) is 9.33. The molecule has 5 nitrogen and oxygen atoms in total. The Morgan fingerprint density at radius 3 is 2.75 bits per heavy atom. The molecule has 0 bridgehead atoms. The molecule has 0 spiro atoms. The largest absolute Gasteiger partial charge is 0.384 e. The van der Waals surface area contributed by atoms with Crippen LogP contribution in [0.2, 0.25) is 0 Å². The highest BCUT2D eigenvalue weighted by atomic mass is 16.3. The summed E-state index contributed by atoms with van der Waals surface area (Å²) in [5.74, 6) is -0.175. The minimum atomic E-state index is -0.894. The molecule has 1 saturated heterocycles. The van der Waals surface area contributed by atoms with E-state index in [9.17, 15) is 9.90 Å².